The van der Waals surface area contributed by atoms with Crippen LogP contribution in [0.5, 0.6) is 0 Å². The highest BCUT2D eigenvalue weighted by Gasteiger charge is 2.16. The molecule has 1 saturated carbocycles. The Morgan fingerprint density at radius 3 is 2.16 bits per heavy atom. The van der Waals surface area contributed by atoms with Crippen LogP contribution in [-0.4, -0.2) is 9.13 Å². The molecule has 0 spiro atoms. The molecular weight excluding hydrogens is 308 g/mol. The maximum absolute atomic E-state index is 12.8. The summed E-state index contributed by atoms with van der Waals surface area (Å²) >= 11 is 0. The molecule has 0 bridgehead atoms. The minimum absolute atomic E-state index is 0.0834. The smallest absolute Gasteiger partial charge is 0.292 e. The average molecular weight is 334 g/mol. The predicted octanol–water partition coefficient (Wildman–Crippen LogP) is 4.92. The first-order chi connectivity index (χ1) is 12.3. The van der Waals surface area contributed by atoms with Crippen molar-refractivity contribution in [3.05, 3.63) is 70.1 Å². The standard InChI is InChI=1S/C22H26N2O/c1-2-23-20-10-6-7-11-21(20)24(22(23)25)16-17-12-14-19(15-13-17)18-8-4-3-5-9-18/h6-7,10-15,18H,2-5,8-9,16H2,1H3. The Labute approximate surface area is 148 Å². The van der Waals surface area contributed by atoms with Crippen LogP contribution in [0.4, 0.5) is 0 Å². The van der Waals surface area contributed by atoms with Crippen LogP contribution in [0.1, 0.15) is 56.1 Å². The summed E-state index contributed by atoms with van der Waals surface area (Å²) in [6.07, 6.45) is 6.75. The highest BCUT2D eigenvalue weighted by atomic mass is 16.1. The predicted molar refractivity (Wildman–Crippen MR) is 103 cm³/mol. The third-order valence-electron chi connectivity index (χ3n) is 5.64. The van der Waals surface area contributed by atoms with E-state index in [9.17, 15) is 4.79 Å². The van der Waals surface area contributed by atoms with Crippen molar-refractivity contribution in [2.45, 2.75) is 58.0 Å². The van der Waals surface area contributed by atoms with E-state index in [1.54, 1.807) is 0 Å². The first-order valence-corrected chi connectivity index (χ1v) is 9.55. The van der Waals surface area contributed by atoms with E-state index in [2.05, 4.69) is 24.3 Å². The Bertz CT molecular complexity index is 911. The number of fused-ring (bicyclic) bond motifs is 1. The van der Waals surface area contributed by atoms with Gasteiger partial charge in [-0.3, -0.25) is 9.13 Å². The maximum atomic E-state index is 12.8. The minimum atomic E-state index is 0.0834. The number of hydrogen-bond donors (Lipinski definition) is 0. The molecule has 1 heterocycles. The molecule has 0 atom stereocenters. The quantitative estimate of drug-likeness (QED) is 0.665. The number of rotatable bonds is 4. The molecule has 3 heteroatoms. The van der Waals surface area contributed by atoms with Gasteiger partial charge in [-0.1, -0.05) is 55.7 Å². The Morgan fingerprint density at radius 2 is 1.52 bits per heavy atom. The number of aryl methyl sites for hydroxylation is 1. The summed E-state index contributed by atoms with van der Waals surface area (Å²) in [6, 6.07) is 17.0. The molecule has 25 heavy (non-hydrogen) atoms. The first-order valence-electron chi connectivity index (χ1n) is 9.55. The Morgan fingerprint density at radius 1 is 0.880 bits per heavy atom. The van der Waals surface area contributed by atoms with Crippen molar-refractivity contribution in [2.75, 3.05) is 0 Å². The van der Waals surface area contributed by atoms with Gasteiger partial charge in [0.1, 0.15) is 0 Å². The Kier molecular flexibility index (Phi) is 4.48. The third kappa shape index (κ3) is 3.04. The van der Waals surface area contributed by atoms with Gasteiger partial charge in [0, 0.05) is 6.54 Å². The van der Waals surface area contributed by atoms with Crippen molar-refractivity contribution in [1.82, 2.24) is 9.13 Å². The molecule has 0 N–H and O–H groups in total. The maximum Gasteiger partial charge on any atom is 0.329 e. The van der Waals surface area contributed by atoms with E-state index in [1.807, 2.05) is 40.3 Å². The number of nitrogens with zero attached hydrogens (tertiary/aromatic N) is 2. The van der Waals surface area contributed by atoms with Crippen LogP contribution < -0.4 is 5.69 Å². The molecule has 0 unspecified atom stereocenters. The lowest BCUT2D eigenvalue weighted by atomic mass is 9.84. The zero-order valence-corrected chi connectivity index (χ0v) is 14.9. The van der Waals surface area contributed by atoms with E-state index in [1.165, 1.54) is 43.2 Å². The van der Waals surface area contributed by atoms with Gasteiger partial charge in [-0.25, -0.2) is 4.79 Å². The zero-order valence-electron chi connectivity index (χ0n) is 14.9. The average Bonchev–Trinajstić information content (AvgIpc) is 2.94. The van der Waals surface area contributed by atoms with Crippen LogP contribution in [0.25, 0.3) is 11.0 Å². The minimum Gasteiger partial charge on any atom is -0.292 e. The molecule has 0 aliphatic heterocycles. The lowest BCUT2D eigenvalue weighted by Gasteiger charge is -2.22. The van der Waals surface area contributed by atoms with E-state index in [4.69, 9.17) is 0 Å². The highest BCUT2D eigenvalue weighted by molar-refractivity contribution is 5.76. The fourth-order valence-corrected chi connectivity index (χ4v) is 4.24. The number of aromatic nitrogens is 2. The SMILES string of the molecule is CCn1c(=O)n(Cc2ccc(C3CCCCC3)cc2)c2ccccc21. The number of imidazole rings is 1. The van der Waals surface area contributed by atoms with Crippen molar-refractivity contribution in [3.63, 3.8) is 0 Å². The normalized spacial score (nSPS) is 15.7. The van der Waals surface area contributed by atoms with Gasteiger partial charge >= 0.3 is 5.69 Å². The van der Waals surface area contributed by atoms with Crippen molar-refractivity contribution in [2.24, 2.45) is 0 Å². The third-order valence-corrected chi connectivity index (χ3v) is 5.64. The van der Waals surface area contributed by atoms with E-state index < -0.39 is 0 Å². The molecule has 0 amide bonds. The largest absolute Gasteiger partial charge is 0.329 e. The van der Waals surface area contributed by atoms with Crippen LogP contribution >= 0.6 is 0 Å². The summed E-state index contributed by atoms with van der Waals surface area (Å²) in [7, 11) is 0. The monoisotopic (exact) mass is 334 g/mol. The van der Waals surface area contributed by atoms with Gasteiger partial charge in [0.05, 0.1) is 17.6 Å². The summed E-state index contributed by atoms with van der Waals surface area (Å²) in [5, 5.41) is 0. The van der Waals surface area contributed by atoms with Crippen LogP contribution in [0.2, 0.25) is 0 Å². The van der Waals surface area contributed by atoms with E-state index >= 15 is 0 Å². The van der Waals surface area contributed by atoms with Crippen molar-refractivity contribution in [3.8, 4) is 0 Å². The molecule has 0 radical (unpaired) electrons. The van der Waals surface area contributed by atoms with Crippen LogP contribution in [0.3, 0.4) is 0 Å². The number of benzene rings is 2. The summed E-state index contributed by atoms with van der Waals surface area (Å²) in [6.45, 7) is 3.36. The molecule has 2 aromatic carbocycles. The molecule has 3 aromatic rings. The fraction of sp³-hybridized carbons (Fsp3) is 0.409. The molecule has 1 aromatic heterocycles. The molecule has 1 fully saturated rings. The second-order valence-corrected chi connectivity index (χ2v) is 7.18. The number of hydrogen-bond acceptors (Lipinski definition) is 1. The van der Waals surface area contributed by atoms with E-state index in [0.717, 1.165) is 17.0 Å². The molecule has 130 valence electrons. The summed E-state index contributed by atoms with van der Waals surface area (Å²) in [5.74, 6) is 0.729. The van der Waals surface area contributed by atoms with Gasteiger partial charge in [0.25, 0.3) is 0 Å². The van der Waals surface area contributed by atoms with Gasteiger partial charge in [0.15, 0.2) is 0 Å². The van der Waals surface area contributed by atoms with Gasteiger partial charge in [-0.2, -0.15) is 0 Å². The Balaban J connectivity index is 1.63. The van der Waals surface area contributed by atoms with E-state index in [0.29, 0.717) is 13.1 Å². The number of para-hydroxylation sites is 2. The highest BCUT2D eigenvalue weighted by Crippen LogP contribution is 2.32. The van der Waals surface area contributed by atoms with Crippen molar-refractivity contribution >= 4 is 11.0 Å². The van der Waals surface area contributed by atoms with Gasteiger partial charge in [0.2, 0.25) is 0 Å². The second-order valence-electron chi connectivity index (χ2n) is 7.18. The van der Waals surface area contributed by atoms with Crippen molar-refractivity contribution in [1.29, 1.82) is 0 Å². The van der Waals surface area contributed by atoms with Gasteiger partial charge < -0.3 is 0 Å². The molecule has 3 nitrogen and oxygen atoms in total. The van der Waals surface area contributed by atoms with E-state index in [-0.39, 0.29) is 5.69 Å². The van der Waals surface area contributed by atoms with Crippen LogP contribution in [-0.2, 0) is 13.1 Å². The lowest BCUT2D eigenvalue weighted by Crippen LogP contribution is -2.24. The van der Waals surface area contributed by atoms with Gasteiger partial charge in [-0.15, -0.1) is 0 Å². The molecule has 0 saturated heterocycles. The molecule has 4 rings (SSSR count). The lowest BCUT2D eigenvalue weighted by molar-refractivity contribution is 0.443. The van der Waals surface area contributed by atoms with Crippen LogP contribution in [0, 0.1) is 0 Å². The topological polar surface area (TPSA) is 26.9 Å². The molecule has 1 aliphatic carbocycles. The first kappa shape index (κ1) is 16.2. The van der Waals surface area contributed by atoms with Crippen LogP contribution in [0.15, 0.2) is 53.3 Å². The summed E-state index contributed by atoms with van der Waals surface area (Å²) in [4.78, 5) is 12.8. The second kappa shape index (κ2) is 6.91. The van der Waals surface area contributed by atoms with Crippen molar-refractivity contribution < 1.29 is 0 Å². The molecular formula is C22H26N2O. The summed E-state index contributed by atoms with van der Waals surface area (Å²) in [5.41, 5.74) is 4.78. The van der Waals surface area contributed by atoms with Gasteiger partial charge in [-0.05, 0) is 48.9 Å². The fourth-order valence-electron chi connectivity index (χ4n) is 4.24. The summed E-state index contributed by atoms with van der Waals surface area (Å²) < 4.78 is 3.75. The Hall–Kier alpha value is -2.29. The molecule has 1 aliphatic rings. The zero-order chi connectivity index (χ0) is 17.2.